The van der Waals surface area contributed by atoms with Crippen molar-refractivity contribution in [2.75, 3.05) is 15.4 Å². The Morgan fingerprint density at radius 3 is 2.54 bits per heavy atom. The first-order valence-corrected chi connectivity index (χ1v) is 10.2. The van der Waals surface area contributed by atoms with Crippen molar-refractivity contribution in [2.45, 2.75) is 18.8 Å². The molecule has 28 heavy (non-hydrogen) atoms. The molecule has 2 heterocycles. The maximum Gasteiger partial charge on any atom is 0.254 e. The van der Waals surface area contributed by atoms with Crippen molar-refractivity contribution in [3.63, 3.8) is 0 Å². The summed E-state index contributed by atoms with van der Waals surface area (Å²) in [5.74, 6) is 2.33. The molecule has 0 spiro atoms. The van der Waals surface area contributed by atoms with Gasteiger partial charge in [0.2, 0.25) is 5.95 Å². The fourth-order valence-electron chi connectivity index (χ4n) is 2.58. The van der Waals surface area contributed by atoms with E-state index in [1.165, 1.54) is 12.8 Å². The average Bonchev–Trinajstić information content (AvgIpc) is 3.43. The molecule has 0 unspecified atom stereocenters. The van der Waals surface area contributed by atoms with E-state index in [0.717, 1.165) is 16.8 Å². The van der Waals surface area contributed by atoms with Gasteiger partial charge in [-0.3, -0.25) is 9.82 Å². The van der Waals surface area contributed by atoms with Crippen molar-refractivity contribution in [3.05, 3.63) is 60.3 Å². The zero-order valence-electron chi connectivity index (χ0n) is 14.9. The van der Waals surface area contributed by atoms with E-state index >= 15 is 0 Å². The van der Waals surface area contributed by atoms with Gasteiger partial charge in [0.25, 0.3) is 10.0 Å². The van der Waals surface area contributed by atoms with Crippen molar-refractivity contribution in [3.8, 4) is 0 Å². The Morgan fingerprint density at radius 2 is 1.82 bits per heavy atom. The molecule has 144 valence electrons. The van der Waals surface area contributed by atoms with Crippen LogP contribution in [-0.4, -0.2) is 28.6 Å². The van der Waals surface area contributed by atoms with Crippen molar-refractivity contribution in [2.24, 2.45) is 0 Å². The van der Waals surface area contributed by atoms with Gasteiger partial charge in [-0.05, 0) is 43.2 Å². The van der Waals surface area contributed by atoms with E-state index in [9.17, 15) is 8.42 Å². The Kier molecular flexibility index (Phi) is 4.70. The quantitative estimate of drug-likeness (QED) is 0.459. The molecule has 0 atom stereocenters. The standard InChI is InChI=1S/C18H19N7O2S/c1-2-28(26,27)25-14-7-5-13(6-8-14)20-18-19-10-9-16(22-18)21-17-11-15(23-24-17)12-3-4-12/h2,5-12,25H,1,3-4H2,(H3,19,20,21,22,23,24). The minimum atomic E-state index is -3.53. The Hall–Kier alpha value is -3.40. The third-order valence-electron chi connectivity index (χ3n) is 4.15. The molecular formula is C18H19N7O2S. The molecule has 1 aromatic carbocycles. The maximum atomic E-state index is 11.5. The maximum absolute atomic E-state index is 11.5. The van der Waals surface area contributed by atoms with Gasteiger partial charge in [-0.2, -0.15) is 10.1 Å². The zero-order chi connectivity index (χ0) is 19.6. The molecule has 2 aromatic heterocycles. The second kappa shape index (κ2) is 7.31. The van der Waals surface area contributed by atoms with Crippen LogP contribution in [0.15, 0.2) is 54.6 Å². The third-order valence-corrected chi connectivity index (χ3v) is 5.11. The zero-order valence-corrected chi connectivity index (χ0v) is 15.7. The second-order valence-electron chi connectivity index (χ2n) is 6.39. The van der Waals surface area contributed by atoms with Crippen LogP contribution >= 0.6 is 0 Å². The van der Waals surface area contributed by atoms with E-state index in [2.05, 4.69) is 42.1 Å². The molecule has 0 aliphatic heterocycles. The molecule has 10 heteroatoms. The Morgan fingerprint density at radius 1 is 1.07 bits per heavy atom. The van der Waals surface area contributed by atoms with Crippen molar-refractivity contribution in [1.82, 2.24) is 20.2 Å². The number of benzene rings is 1. The number of hydrogen-bond donors (Lipinski definition) is 4. The van der Waals surface area contributed by atoms with Crippen LogP contribution in [0.1, 0.15) is 24.5 Å². The van der Waals surface area contributed by atoms with Gasteiger partial charge in [0.05, 0.1) is 0 Å². The summed E-state index contributed by atoms with van der Waals surface area (Å²) in [6, 6.07) is 10.5. The summed E-state index contributed by atoms with van der Waals surface area (Å²) in [5, 5.41) is 14.4. The number of anilines is 5. The van der Waals surface area contributed by atoms with Crippen molar-refractivity contribution >= 4 is 39.0 Å². The molecule has 4 rings (SSSR count). The lowest BCUT2D eigenvalue weighted by molar-refractivity contribution is 0.609. The number of nitrogens with one attached hydrogen (secondary N) is 4. The summed E-state index contributed by atoms with van der Waals surface area (Å²) in [4.78, 5) is 8.62. The number of aromatic amines is 1. The number of aromatic nitrogens is 4. The number of hydrogen-bond acceptors (Lipinski definition) is 7. The number of sulfonamides is 1. The van der Waals surface area contributed by atoms with E-state index in [0.29, 0.717) is 29.2 Å². The van der Waals surface area contributed by atoms with E-state index in [4.69, 9.17) is 0 Å². The van der Waals surface area contributed by atoms with E-state index in [-0.39, 0.29) is 0 Å². The minimum Gasteiger partial charge on any atom is -0.324 e. The smallest absolute Gasteiger partial charge is 0.254 e. The number of nitrogens with zero attached hydrogens (tertiary/aromatic N) is 3. The van der Waals surface area contributed by atoms with Gasteiger partial charge in [0.1, 0.15) is 5.82 Å². The highest BCUT2D eigenvalue weighted by atomic mass is 32.2. The van der Waals surface area contributed by atoms with Gasteiger partial charge >= 0.3 is 0 Å². The lowest BCUT2D eigenvalue weighted by Crippen LogP contribution is -2.08. The fraction of sp³-hybridized carbons (Fsp3) is 0.167. The highest BCUT2D eigenvalue weighted by molar-refractivity contribution is 7.95. The first kappa shape index (κ1) is 18.0. The van der Waals surface area contributed by atoms with Crippen molar-refractivity contribution < 1.29 is 8.42 Å². The minimum absolute atomic E-state index is 0.405. The van der Waals surface area contributed by atoms with Crippen LogP contribution in [0.4, 0.5) is 29.0 Å². The lowest BCUT2D eigenvalue weighted by Gasteiger charge is -2.08. The van der Waals surface area contributed by atoms with Gasteiger partial charge in [-0.1, -0.05) is 6.58 Å². The van der Waals surface area contributed by atoms with Crippen LogP contribution in [0.25, 0.3) is 0 Å². The van der Waals surface area contributed by atoms with E-state index in [1.807, 2.05) is 6.07 Å². The van der Waals surface area contributed by atoms with Crippen molar-refractivity contribution in [1.29, 1.82) is 0 Å². The fourth-order valence-corrected chi connectivity index (χ4v) is 3.13. The molecule has 9 nitrogen and oxygen atoms in total. The number of H-pyrrole nitrogens is 1. The summed E-state index contributed by atoms with van der Waals surface area (Å²) >= 11 is 0. The van der Waals surface area contributed by atoms with Crippen LogP contribution in [0, 0.1) is 0 Å². The first-order valence-electron chi connectivity index (χ1n) is 8.68. The van der Waals surface area contributed by atoms with Crippen LogP contribution in [-0.2, 0) is 10.0 Å². The van der Waals surface area contributed by atoms with Crippen LogP contribution < -0.4 is 15.4 Å². The van der Waals surface area contributed by atoms with Gasteiger partial charge in [0.15, 0.2) is 5.82 Å². The summed E-state index contributed by atoms with van der Waals surface area (Å²) < 4.78 is 25.4. The lowest BCUT2D eigenvalue weighted by atomic mass is 10.3. The summed E-state index contributed by atoms with van der Waals surface area (Å²) in [6.45, 7) is 3.26. The van der Waals surface area contributed by atoms with E-state index < -0.39 is 10.0 Å². The number of rotatable bonds is 8. The molecule has 0 saturated heterocycles. The highest BCUT2D eigenvalue weighted by Crippen LogP contribution is 2.39. The first-order chi connectivity index (χ1) is 13.5. The molecule has 1 aliphatic carbocycles. The Bertz CT molecular complexity index is 1090. The Labute approximate surface area is 162 Å². The van der Waals surface area contributed by atoms with E-state index in [1.54, 1.807) is 36.5 Å². The SMILES string of the molecule is C=CS(=O)(=O)Nc1ccc(Nc2nccc(Nc3cc(C4CC4)[nH]n3)n2)cc1. The monoisotopic (exact) mass is 397 g/mol. The topological polar surface area (TPSA) is 125 Å². The Balaban J connectivity index is 1.42. The second-order valence-corrected chi connectivity index (χ2v) is 8.02. The largest absolute Gasteiger partial charge is 0.324 e. The predicted octanol–water partition coefficient (Wildman–Crippen LogP) is 3.45. The van der Waals surface area contributed by atoms with Gasteiger partial charge in [-0.15, -0.1) is 0 Å². The van der Waals surface area contributed by atoms with Crippen LogP contribution in [0.2, 0.25) is 0 Å². The molecular weight excluding hydrogens is 378 g/mol. The molecule has 0 amide bonds. The predicted molar refractivity (Wildman–Crippen MR) is 108 cm³/mol. The van der Waals surface area contributed by atoms with Gasteiger partial charge < -0.3 is 10.6 Å². The molecule has 1 fully saturated rings. The molecule has 1 aliphatic rings. The average molecular weight is 397 g/mol. The van der Waals surface area contributed by atoms with Crippen LogP contribution in [0.5, 0.6) is 0 Å². The molecule has 0 bridgehead atoms. The molecule has 4 N–H and O–H groups in total. The normalized spacial score (nSPS) is 13.7. The molecule has 3 aromatic rings. The summed E-state index contributed by atoms with van der Waals surface area (Å²) in [5.41, 5.74) is 2.29. The van der Waals surface area contributed by atoms with Gasteiger partial charge in [-0.25, -0.2) is 13.4 Å². The highest BCUT2D eigenvalue weighted by Gasteiger charge is 2.25. The summed E-state index contributed by atoms with van der Waals surface area (Å²) in [6.07, 6.45) is 4.05. The van der Waals surface area contributed by atoms with Crippen LogP contribution in [0.3, 0.4) is 0 Å². The molecule has 0 radical (unpaired) electrons. The van der Waals surface area contributed by atoms with Gasteiger partial charge in [0, 0.05) is 40.7 Å². The summed E-state index contributed by atoms with van der Waals surface area (Å²) in [7, 11) is -3.53. The third kappa shape index (κ3) is 4.46. The molecule has 1 saturated carbocycles.